The Hall–Kier alpha value is -1.40. The van der Waals surface area contributed by atoms with Crippen LogP contribution in [0.3, 0.4) is 0 Å². The number of nitrogens with one attached hydrogen (secondary N) is 1. The number of ether oxygens (including phenoxy) is 1. The van der Waals surface area contributed by atoms with E-state index in [1.807, 2.05) is 11.0 Å². The van der Waals surface area contributed by atoms with Crippen molar-refractivity contribution < 1.29 is 9.53 Å². The van der Waals surface area contributed by atoms with Crippen LogP contribution in [0.15, 0.2) is 6.07 Å². The molecule has 1 aliphatic carbocycles. The molecule has 2 aliphatic heterocycles. The fourth-order valence-electron chi connectivity index (χ4n) is 3.76. The highest BCUT2D eigenvalue weighted by atomic mass is 16.5. The summed E-state index contributed by atoms with van der Waals surface area (Å²) in [6.07, 6.45) is 4.76. The monoisotopic (exact) mass is 318 g/mol. The van der Waals surface area contributed by atoms with Gasteiger partial charge in [-0.05, 0) is 37.7 Å². The summed E-state index contributed by atoms with van der Waals surface area (Å²) in [6.45, 7) is 6.54. The van der Waals surface area contributed by atoms with Gasteiger partial charge in [0.05, 0.1) is 13.2 Å². The van der Waals surface area contributed by atoms with Crippen LogP contribution >= 0.6 is 0 Å². The number of aromatic amines is 1. The average Bonchev–Trinajstić information content (AvgIpc) is 3.33. The van der Waals surface area contributed by atoms with Crippen molar-refractivity contribution in [3.63, 3.8) is 0 Å². The minimum atomic E-state index is 0.0971. The Morgan fingerprint density at radius 2 is 2.09 bits per heavy atom. The molecule has 1 atom stereocenters. The SMILES string of the molecule is O=C(c1cc(C2CC2)[nH]n1)N1CCC[C@H](CN2CCOCC2)C1. The first-order valence-corrected chi connectivity index (χ1v) is 8.94. The molecule has 1 N–H and O–H groups in total. The van der Waals surface area contributed by atoms with Crippen LogP contribution in [0, 0.1) is 5.92 Å². The Balaban J connectivity index is 1.34. The molecule has 23 heavy (non-hydrogen) atoms. The Labute approximate surface area is 137 Å². The lowest BCUT2D eigenvalue weighted by molar-refractivity contribution is 0.0223. The highest BCUT2D eigenvalue weighted by molar-refractivity contribution is 5.92. The van der Waals surface area contributed by atoms with Crippen LogP contribution in [-0.4, -0.2) is 71.8 Å². The molecule has 0 unspecified atom stereocenters. The van der Waals surface area contributed by atoms with Crippen LogP contribution in [0.2, 0.25) is 0 Å². The minimum Gasteiger partial charge on any atom is -0.379 e. The van der Waals surface area contributed by atoms with Crippen molar-refractivity contribution in [2.24, 2.45) is 5.92 Å². The molecule has 1 saturated carbocycles. The maximum absolute atomic E-state index is 12.7. The number of H-pyrrole nitrogens is 1. The molecule has 3 fully saturated rings. The molecule has 2 saturated heterocycles. The summed E-state index contributed by atoms with van der Waals surface area (Å²) in [5.74, 6) is 1.28. The third-order valence-electron chi connectivity index (χ3n) is 5.26. The molecule has 3 aliphatic rings. The van der Waals surface area contributed by atoms with Gasteiger partial charge in [-0.3, -0.25) is 14.8 Å². The van der Waals surface area contributed by atoms with E-state index in [9.17, 15) is 4.79 Å². The highest BCUT2D eigenvalue weighted by Gasteiger charge is 2.30. The molecule has 6 heteroatoms. The van der Waals surface area contributed by atoms with E-state index in [0.717, 1.165) is 58.1 Å². The average molecular weight is 318 g/mol. The van der Waals surface area contributed by atoms with Gasteiger partial charge >= 0.3 is 0 Å². The summed E-state index contributed by atoms with van der Waals surface area (Å²) in [5.41, 5.74) is 1.73. The van der Waals surface area contributed by atoms with Crippen molar-refractivity contribution in [3.05, 3.63) is 17.5 Å². The van der Waals surface area contributed by atoms with Crippen LogP contribution in [0.25, 0.3) is 0 Å². The van der Waals surface area contributed by atoms with Crippen LogP contribution in [0.4, 0.5) is 0 Å². The van der Waals surface area contributed by atoms with Crippen molar-refractivity contribution >= 4 is 5.91 Å². The summed E-state index contributed by atoms with van der Waals surface area (Å²) in [4.78, 5) is 17.2. The van der Waals surface area contributed by atoms with Gasteiger partial charge in [-0.15, -0.1) is 0 Å². The molecule has 0 bridgehead atoms. The predicted molar refractivity (Wildman–Crippen MR) is 86.4 cm³/mol. The summed E-state index contributed by atoms with van der Waals surface area (Å²) in [7, 11) is 0. The van der Waals surface area contributed by atoms with E-state index in [2.05, 4.69) is 15.1 Å². The van der Waals surface area contributed by atoms with Crippen molar-refractivity contribution in [2.45, 2.75) is 31.6 Å². The normalized spacial score (nSPS) is 26.4. The quantitative estimate of drug-likeness (QED) is 0.913. The maximum Gasteiger partial charge on any atom is 0.274 e. The van der Waals surface area contributed by atoms with Gasteiger partial charge in [0.1, 0.15) is 5.69 Å². The smallest absolute Gasteiger partial charge is 0.274 e. The maximum atomic E-state index is 12.7. The fourth-order valence-corrected chi connectivity index (χ4v) is 3.76. The van der Waals surface area contributed by atoms with Crippen molar-refractivity contribution in [3.8, 4) is 0 Å². The second-order valence-corrected chi connectivity index (χ2v) is 7.16. The van der Waals surface area contributed by atoms with Gasteiger partial charge in [0.15, 0.2) is 0 Å². The fraction of sp³-hybridized carbons (Fsp3) is 0.765. The molecule has 126 valence electrons. The third-order valence-corrected chi connectivity index (χ3v) is 5.26. The van der Waals surface area contributed by atoms with Crippen LogP contribution < -0.4 is 0 Å². The molecule has 0 radical (unpaired) electrons. The van der Waals surface area contributed by atoms with Gasteiger partial charge in [0, 0.05) is 44.3 Å². The molecule has 1 aromatic rings. The first-order valence-electron chi connectivity index (χ1n) is 8.94. The lowest BCUT2D eigenvalue weighted by Crippen LogP contribution is -2.46. The zero-order valence-electron chi connectivity index (χ0n) is 13.7. The molecule has 0 aromatic carbocycles. The molecule has 1 aromatic heterocycles. The number of aromatic nitrogens is 2. The Morgan fingerprint density at radius 1 is 1.26 bits per heavy atom. The Kier molecular flexibility index (Phi) is 4.35. The van der Waals surface area contributed by atoms with Gasteiger partial charge in [-0.25, -0.2) is 0 Å². The van der Waals surface area contributed by atoms with Crippen LogP contribution in [0.5, 0.6) is 0 Å². The van der Waals surface area contributed by atoms with Crippen molar-refractivity contribution in [1.29, 1.82) is 0 Å². The first kappa shape index (κ1) is 15.1. The first-order chi connectivity index (χ1) is 11.3. The predicted octanol–water partition coefficient (Wildman–Crippen LogP) is 1.47. The number of amides is 1. The van der Waals surface area contributed by atoms with E-state index >= 15 is 0 Å². The molecule has 6 nitrogen and oxygen atoms in total. The van der Waals surface area contributed by atoms with E-state index in [4.69, 9.17) is 4.74 Å². The number of piperidine rings is 1. The zero-order valence-corrected chi connectivity index (χ0v) is 13.7. The summed E-state index contributed by atoms with van der Waals surface area (Å²) >= 11 is 0. The topological polar surface area (TPSA) is 61.5 Å². The number of rotatable bonds is 4. The largest absolute Gasteiger partial charge is 0.379 e. The van der Waals surface area contributed by atoms with E-state index in [0.29, 0.717) is 17.5 Å². The molecular formula is C17H26N4O2. The van der Waals surface area contributed by atoms with Crippen molar-refractivity contribution in [2.75, 3.05) is 45.9 Å². The highest BCUT2D eigenvalue weighted by Crippen LogP contribution is 2.39. The van der Waals surface area contributed by atoms with Crippen LogP contribution in [0.1, 0.15) is 47.8 Å². The summed E-state index contributed by atoms with van der Waals surface area (Å²) in [5, 5.41) is 7.30. The standard InChI is InChI=1S/C17H26N4O2/c22-17(16-10-15(18-19-16)14-3-4-14)21-5-1-2-13(12-21)11-20-6-8-23-9-7-20/h10,13-14H,1-9,11-12H2,(H,18,19)/t13-/m1/s1. The number of carbonyl (C=O) groups excluding carboxylic acids is 1. The Bertz CT molecular complexity index is 549. The van der Waals surface area contributed by atoms with Gasteiger partial charge in [-0.2, -0.15) is 5.10 Å². The third kappa shape index (κ3) is 3.58. The van der Waals surface area contributed by atoms with E-state index in [1.54, 1.807) is 0 Å². The van der Waals surface area contributed by atoms with Crippen molar-refractivity contribution in [1.82, 2.24) is 20.0 Å². The lowest BCUT2D eigenvalue weighted by Gasteiger charge is -2.36. The molecular weight excluding hydrogens is 292 g/mol. The molecule has 1 amide bonds. The summed E-state index contributed by atoms with van der Waals surface area (Å²) in [6, 6.07) is 1.96. The number of morpholine rings is 1. The van der Waals surface area contributed by atoms with Gasteiger partial charge in [0.25, 0.3) is 5.91 Å². The molecule has 4 rings (SSSR count). The number of nitrogens with zero attached hydrogens (tertiary/aromatic N) is 3. The van der Waals surface area contributed by atoms with E-state index in [1.165, 1.54) is 19.3 Å². The van der Waals surface area contributed by atoms with E-state index < -0.39 is 0 Å². The molecule has 3 heterocycles. The number of hydrogen-bond acceptors (Lipinski definition) is 4. The Morgan fingerprint density at radius 3 is 2.87 bits per heavy atom. The number of carbonyl (C=O) groups is 1. The second kappa shape index (κ2) is 6.61. The lowest BCUT2D eigenvalue weighted by atomic mass is 9.97. The number of hydrogen-bond donors (Lipinski definition) is 1. The van der Waals surface area contributed by atoms with Crippen LogP contribution in [-0.2, 0) is 4.74 Å². The minimum absolute atomic E-state index is 0.0971. The zero-order chi connectivity index (χ0) is 15.6. The molecule has 0 spiro atoms. The van der Waals surface area contributed by atoms with E-state index in [-0.39, 0.29) is 5.91 Å². The second-order valence-electron chi connectivity index (χ2n) is 7.16. The number of likely N-dealkylation sites (tertiary alicyclic amines) is 1. The van der Waals surface area contributed by atoms with Gasteiger partial charge in [0.2, 0.25) is 0 Å². The van der Waals surface area contributed by atoms with Gasteiger partial charge < -0.3 is 9.64 Å². The summed E-state index contributed by atoms with van der Waals surface area (Å²) < 4.78 is 5.41. The van der Waals surface area contributed by atoms with Gasteiger partial charge in [-0.1, -0.05) is 0 Å².